The van der Waals surface area contributed by atoms with Gasteiger partial charge in [-0.1, -0.05) is 30.3 Å². The van der Waals surface area contributed by atoms with Gasteiger partial charge in [-0.3, -0.25) is 14.4 Å². The number of hydrogen-bond acceptors (Lipinski definition) is 3. The fraction of sp³-hybridized carbons (Fsp3) is 0.438. The van der Waals surface area contributed by atoms with Gasteiger partial charge in [-0.2, -0.15) is 0 Å². The molecule has 1 atom stereocenters. The van der Waals surface area contributed by atoms with Crippen LogP contribution in [0.3, 0.4) is 0 Å². The Morgan fingerprint density at radius 3 is 2.33 bits per heavy atom. The number of nitrogens with zero attached hydrogens (tertiary/aromatic N) is 1. The molecule has 0 aliphatic carbocycles. The number of rotatable bonds is 5. The molecule has 1 fully saturated rings. The molecule has 1 aromatic rings. The maximum Gasteiger partial charge on any atom is 0.307 e. The maximum atomic E-state index is 12.2. The zero-order valence-electron chi connectivity index (χ0n) is 11.8. The monoisotopic (exact) mass is 289 g/mol. The lowest BCUT2D eigenvalue weighted by Crippen LogP contribution is -2.40. The van der Waals surface area contributed by atoms with E-state index in [4.69, 9.17) is 0 Å². The number of Topliss-reactive ketones (excluding diaryl/α,β-unsaturated/α-hetero) is 1. The average molecular weight is 289 g/mol. The molecule has 0 bridgehead atoms. The fourth-order valence-electron chi connectivity index (χ4n) is 2.49. The van der Waals surface area contributed by atoms with Crippen molar-refractivity contribution in [1.29, 1.82) is 0 Å². The van der Waals surface area contributed by atoms with Gasteiger partial charge in [0.15, 0.2) is 0 Å². The molecule has 0 radical (unpaired) electrons. The normalized spacial score (nSPS) is 16.6. The van der Waals surface area contributed by atoms with Crippen LogP contribution in [0.1, 0.15) is 24.8 Å². The molecule has 1 unspecified atom stereocenters. The predicted molar refractivity (Wildman–Crippen MR) is 76.7 cm³/mol. The van der Waals surface area contributed by atoms with Crippen molar-refractivity contribution in [2.24, 2.45) is 5.92 Å². The topological polar surface area (TPSA) is 74.7 Å². The summed E-state index contributed by atoms with van der Waals surface area (Å²) in [6, 6.07) is 9.30. The minimum Gasteiger partial charge on any atom is -0.481 e. The quantitative estimate of drug-likeness (QED) is 0.891. The van der Waals surface area contributed by atoms with Crippen molar-refractivity contribution < 1.29 is 19.5 Å². The first-order valence-corrected chi connectivity index (χ1v) is 7.12. The number of piperidine rings is 1. The van der Waals surface area contributed by atoms with Crippen LogP contribution in [0.2, 0.25) is 0 Å². The number of benzene rings is 1. The number of hydrogen-bond donors (Lipinski definition) is 1. The summed E-state index contributed by atoms with van der Waals surface area (Å²) in [5.74, 6) is -1.69. The highest BCUT2D eigenvalue weighted by Crippen LogP contribution is 2.16. The van der Waals surface area contributed by atoms with Crippen LogP contribution in [0, 0.1) is 5.92 Å². The smallest absolute Gasteiger partial charge is 0.307 e. The number of likely N-dealkylation sites (tertiary alicyclic amines) is 1. The summed E-state index contributed by atoms with van der Waals surface area (Å²) >= 11 is 0. The summed E-state index contributed by atoms with van der Waals surface area (Å²) in [4.78, 5) is 36.3. The molecule has 5 heteroatoms. The Morgan fingerprint density at radius 2 is 1.76 bits per heavy atom. The first-order valence-electron chi connectivity index (χ1n) is 7.12. The summed E-state index contributed by atoms with van der Waals surface area (Å²) in [6.45, 7) is 0.824. The van der Waals surface area contributed by atoms with Crippen molar-refractivity contribution in [2.75, 3.05) is 13.1 Å². The molecule has 1 saturated heterocycles. The van der Waals surface area contributed by atoms with Crippen LogP contribution in [-0.2, 0) is 20.8 Å². The van der Waals surface area contributed by atoms with Crippen LogP contribution in [-0.4, -0.2) is 40.8 Å². The zero-order chi connectivity index (χ0) is 15.2. The number of ketones is 1. The molecule has 0 aromatic heterocycles. The molecule has 112 valence electrons. The van der Waals surface area contributed by atoms with Crippen molar-refractivity contribution in [3.63, 3.8) is 0 Å². The Kier molecular flexibility index (Phi) is 5.09. The lowest BCUT2D eigenvalue weighted by atomic mass is 9.95. The second-order valence-electron chi connectivity index (χ2n) is 5.35. The van der Waals surface area contributed by atoms with E-state index in [2.05, 4.69) is 0 Å². The average Bonchev–Trinajstić information content (AvgIpc) is 2.48. The zero-order valence-corrected chi connectivity index (χ0v) is 11.8. The number of amides is 1. The van der Waals surface area contributed by atoms with Crippen molar-refractivity contribution in [1.82, 2.24) is 4.90 Å². The van der Waals surface area contributed by atoms with E-state index in [0.29, 0.717) is 32.4 Å². The SMILES string of the molecule is O=C1CCN(C(=O)CC(Cc2ccccc2)C(=O)O)CC1. The van der Waals surface area contributed by atoms with Crippen LogP contribution in [0.5, 0.6) is 0 Å². The minimum absolute atomic E-state index is 0.0155. The molecule has 1 heterocycles. The van der Waals surface area contributed by atoms with Crippen molar-refractivity contribution in [3.05, 3.63) is 35.9 Å². The molecule has 2 rings (SSSR count). The molecule has 1 aliphatic heterocycles. The Hall–Kier alpha value is -2.17. The highest BCUT2D eigenvalue weighted by Gasteiger charge is 2.26. The van der Waals surface area contributed by atoms with Crippen molar-refractivity contribution in [3.8, 4) is 0 Å². The van der Waals surface area contributed by atoms with Gasteiger partial charge in [0.05, 0.1) is 5.92 Å². The standard InChI is InChI=1S/C16H19NO4/c18-14-6-8-17(9-7-14)15(19)11-13(16(20)21)10-12-4-2-1-3-5-12/h1-5,13H,6-11H2,(H,20,21). The predicted octanol–water partition coefficient (Wildman–Crippen LogP) is 1.51. The summed E-state index contributed by atoms with van der Waals surface area (Å²) < 4.78 is 0. The molecule has 0 saturated carbocycles. The number of aliphatic carboxylic acids is 1. The second kappa shape index (κ2) is 7.02. The number of carbonyl (C=O) groups excluding carboxylic acids is 2. The third kappa shape index (κ3) is 4.41. The second-order valence-corrected chi connectivity index (χ2v) is 5.35. The largest absolute Gasteiger partial charge is 0.481 e. The Balaban J connectivity index is 1.95. The molecule has 0 spiro atoms. The van der Waals surface area contributed by atoms with Gasteiger partial charge in [0.2, 0.25) is 5.91 Å². The van der Waals surface area contributed by atoms with Gasteiger partial charge >= 0.3 is 5.97 Å². The first-order chi connectivity index (χ1) is 10.1. The highest BCUT2D eigenvalue weighted by atomic mass is 16.4. The first kappa shape index (κ1) is 15.2. The van der Waals surface area contributed by atoms with E-state index in [1.54, 1.807) is 4.90 Å². The number of carboxylic acid groups (broad SMARTS) is 1. The van der Waals surface area contributed by atoms with Crippen molar-refractivity contribution >= 4 is 17.7 Å². The fourth-order valence-corrected chi connectivity index (χ4v) is 2.49. The molecule has 1 aliphatic rings. The van der Waals surface area contributed by atoms with Crippen LogP contribution < -0.4 is 0 Å². The molecule has 1 N–H and O–H groups in total. The highest BCUT2D eigenvalue weighted by molar-refractivity contribution is 5.85. The van der Waals surface area contributed by atoms with Gasteiger partial charge in [0.25, 0.3) is 0 Å². The van der Waals surface area contributed by atoms with Gasteiger partial charge in [0, 0.05) is 32.4 Å². The lowest BCUT2D eigenvalue weighted by molar-refractivity contribution is -0.146. The van der Waals surface area contributed by atoms with Gasteiger partial charge in [-0.15, -0.1) is 0 Å². The summed E-state index contributed by atoms with van der Waals surface area (Å²) in [5.41, 5.74) is 0.909. The van der Waals surface area contributed by atoms with E-state index < -0.39 is 11.9 Å². The molecule has 21 heavy (non-hydrogen) atoms. The van der Waals surface area contributed by atoms with E-state index in [1.807, 2.05) is 30.3 Å². The molecular formula is C16H19NO4. The lowest BCUT2D eigenvalue weighted by Gasteiger charge is -2.27. The maximum absolute atomic E-state index is 12.2. The summed E-state index contributed by atoms with van der Waals surface area (Å²) in [5, 5.41) is 9.30. The van der Waals surface area contributed by atoms with Crippen LogP contribution in [0.25, 0.3) is 0 Å². The number of carbonyl (C=O) groups is 3. The van der Waals surface area contributed by atoms with Crippen LogP contribution >= 0.6 is 0 Å². The molecule has 5 nitrogen and oxygen atoms in total. The van der Waals surface area contributed by atoms with Crippen LogP contribution in [0.15, 0.2) is 30.3 Å². The number of carboxylic acids is 1. The van der Waals surface area contributed by atoms with E-state index in [9.17, 15) is 19.5 Å². The third-order valence-corrected chi connectivity index (χ3v) is 3.77. The Labute approximate surface area is 123 Å². The molecule has 1 aromatic carbocycles. The summed E-state index contributed by atoms with van der Waals surface area (Å²) in [6.07, 6.45) is 1.08. The molecule has 1 amide bonds. The van der Waals surface area contributed by atoms with E-state index in [1.165, 1.54) is 0 Å². The van der Waals surface area contributed by atoms with Crippen LogP contribution in [0.4, 0.5) is 0 Å². The van der Waals surface area contributed by atoms with Gasteiger partial charge < -0.3 is 10.0 Å². The molecular weight excluding hydrogens is 270 g/mol. The van der Waals surface area contributed by atoms with Gasteiger partial charge in [-0.25, -0.2) is 0 Å². The van der Waals surface area contributed by atoms with Crippen molar-refractivity contribution in [2.45, 2.75) is 25.7 Å². The van der Waals surface area contributed by atoms with E-state index >= 15 is 0 Å². The summed E-state index contributed by atoms with van der Waals surface area (Å²) in [7, 11) is 0. The van der Waals surface area contributed by atoms with Gasteiger partial charge in [-0.05, 0) is 12.0 Å². The van der Waals surface area contributed by atoms with Gasteiger partial charge in [0.1, 0.15) is 5.78 Å². The minimum atomic E-state index is -0.958. The third-order valence-electron chi connectivity index (χ3n) is 3.77. The Bertz CT molecular complexity index is 516. The van der Waals surface area contributed by atoms with E-state index in [0.717, 1.165) is 5.56 Å². The van der Waals surface area contributed by atoms with E-state index in [-0.39, 0.29) is 18.1 Å². The Morgan fingerprint density at radius 1 is 1.14 bits per heavy atom.